The van der Waals surface area contributed by atoms with Gasteiger partial charge in [-0.1, -0.05) is 20.3 Å². The van der Waals surface area contributed by atoms with E-state index >= 15 is 0 Å². The number of hydrogen-bond acceptors (Lipinski definition) is 4. The zero-order valence-corrected chi connectivity index (χ0v) is 15.0. The summed E-state index contributed by atoms with van der Waals surface area (Å²) < 4.78 is 27.3. The molecule has 1 aliphatic rings. The van der Waals surface area contributed by atoms with Crippen molar-refractivity contribution >= 4 is 21.4 Å². The SMILES string of the molecule is Cc1cc(S(=O)(=O)N(C)CC2CCC2)sc1CNC(C)C. The molecule has 0 amide bonds. The smallest absolute Gasteiger partial charge is 0.252 e. The van der Waals surface area contributed by atoms with E-state index in [0.717, 1.165) is 29.8 Å². The van der Waals surface area contributed by atoms with Crippen LogP contribution < -0.4 is 5.32 Å². The van der Waals surface area contributed by atoms with E-state index in [1.54, 1.807) is 7.05 Å². The van der Waals surface area contributed by atoms with Crippen LogP contribution in [0.4, 0.5) is 0 Å². The summed E-state index contributed by atoms with van der Waals surface area (Å²) in [5, 5.41) is 3.35. The van der Waals surface area contributed by atoms with Crippen LogP contribution in [0.15, 0.2) is 10.3 Å². The fraction of sp³-hybridized carbons (Fsp3) is 0.733. The van der Waals surface area contributed by atoms with Crippen molar-refractivity contribution in [2.75, 3.05) is 13.6 Å². The molecule has 120 valence electrons. The second-order valence-electron chi connectivity index (χ2n) is 6.29. The Labute approximate surface area is 132 Å². The quantitative estimate of drug-likeness (QED) is 0.836. The Morgan fingerprint density at radius 3 is 2.62 bits per heavy atom. The van der Waals surface area contributed by atoms with Crippen molar-refractivity contribution in [2.24, 2.45) is 5.92 Å². The lowest BCUT2D eigenvalue weighted by Gasteiger charge is -2.29. The third-order valence-corrected chi connectivity index (χ3v) is 7.58. The van der Waals surface area contributed by atoms with Crippen molar-refractivity contribution in [3.05, 3.63) is 16.5 Å². The molecule has 0 aliphatic heterocycles. The zero-order chi connectivity index (χ0) is 15.6. The summed E-state index contributed by atoms with van der Waals surface area (Å²) in [7, 11) is -1.62. The predicted molar refractivity (Wildman–Crippen MR) is 88.2 cm³/mol. The first-order valence-corrected chi connectivity index (χ1v) is 9.85. The monoisotopic (exact) mass is 330 g/mol. The van der Waals surface area contributed by atoms with E-state index in [2.05, 4.69) is 19.2 Å². The van der Waals surface area contributed by atoms with Gasteiger partial charge < -0.3 is 5.32 Å². The minimum absolute atomic E-state index is 0.396. The zero-order valence-electron chi connectivity index (χ0n) is 13.3. The summed E-state index contributed by atoms with van der Waals surface area (Å²) in [5.41, 5.74) is 1.06. The molecule has 6 heteroatoms. The van der Waals surface area contributed by atoms with Gasteiger partial charge in [0.15, 0.2) is 0 Å². The molecule has 1 saturated carbocycles. The van der Waals surface area contributed by atoms with E-state index in [1.165, 1.54) is 22.1 Å². The first-order valence-electron chi connectivity index (χ1n) is 7.59. The average molecular weight is 331 g/mol. The van der Waals surface area contributed by atoms with Gasteiger partial charge >= 0.3 is 0 Å². The van der Waals surface area contributed by atoms with Crippen LogP contribution in [0.2, 0.25) is 0 Å². The molecule has 0 atom stereocenters. The van der Waals surface area contributed by atoms with Gasteiger partial charge in [-0.25, -0.2) is 8.42 Å². The van der Waals surface area contributed by atoms with Crippen molar-refractivity contribution in [3.63, 3.8) is 0 Å². The molecule has 1 N–H and O–H groups in total. The van der Waals surface area contributed by atoms with Gasteiger partial charge in [0.25, 0.3) is 10.0 Å². The van der Waals surface area contributed by atoms with Crippen LogP contribution in [0.3, 0.4) is 0 Å². The summed E-state index contributed by atoms with van der Waals surface area (Å²) in [6.07, 6.45) is 3.56. The lowest BCUT2D eigenvalue weighted by atomic mass is 9.86. The molecule has 4 nitrogen and oxygen atoms in total. The second kappa shape index (κ2) is 6.77. The topological polar surface area (TPSA) is 49.4 Å². The van der Waals surface area contributed by atoms with E-state index in [1.807, 2.05) is 13.0 Å². The largest absolute Gasteiger partial charge is 0.310 e. The highest BCUT2D eigenvalue weighted by Crippen LogP contribution is 2.31. The normalized spacial score (nSPS) is 16.7. The van der Waals surface area contributed by atoms with Crippen LogP contribution >= 0.6 is 11.3 Å². The third kappa shape index (κ3) is 4.06. The van der Waals surface area contributed by atoms with Gasteiger partial charge in [-0.15, -0.1) is 11.3 Å². The molecule has 1 aromatic rings. The van der Waals surface area contributed by atoms with Crippen LogP contribution in [0.5, 0.6) is 0 Å². The van der Waals surface area contributed by atoms with Gasteiger partial charge in [0, 0.05) is 31.1 Å². The van der Waals surface area contributed by atoms with Crippen LogP contribution in [-0.2, 0) is 16.6 Å². The van der Waals surface area contributed by atoms with Crippen molar-refractivity contribution < 1.29 is 8.42 Å². The average Bonchev–Trinajstić information content (AvgIpc) is 2.73. The molecule has 2 rings (SSSR count). The third-order valence-electron chi connectivity index (χ3n) is 4.07. The Hall–Kier alpha value is -0.430. The van der Waals surface area contributed by atoms with Gasteiger partial charge in [0.2, 0.25) is 0 Å². The summed E-state index contributed by atoms with van der Waals surface area (Å²) in [4.78, 5) is 1.11. The Morgan fingerprint density at radius 1 is 1.43 bits per heavy atom. The highest BCUT2D eigenvalue weighted by atomic mass is 32.2. The highest BCUT2D eigenvalue weighted by molar-refractivity contribution is 7.91. The van der Waals surface area contributed by atoms with Crippen LogP contribution in [0.25, 0.3) is 0 Å². The number of aryl methyl sites for hydroxylation is 1. The fourth-order valence-corrected chi connectivity index (χ4v) is 5.38. The standard InChI is InChI=1S/C15H26N2O2S2/c1-11(2)16-9-14-12(3)8-15(20-14)21(18,19)17(4)10-13-6-5-7-13/h8,11,13,16H,5-7,9-10H2,1-4H3. The minimum atomic E-state index is -3.33. The molecule has 1 aliphatic carbocycles. The first kappa shape index (κ1) is 16.9. The number of rotatable bonds is 7. The van der Waals surface area contributed by atoms with Crippen LogP contribution in [0, 0.1) is 12.8 Å². The van der Waals surface area contributed by atoms with Crippen molar-refractivity contribution in [3.8, 4) is 0 Å². The second-order valence-corrected chi connectivity index (χ2v) is 9.70. The van der Waals surface area contributed by atoms with E-state index in [9.17, 15) is 8.42 Å². The predicted octanol–water partition coefficient (Wildman–Crippen LogP) is 2.98. The van der Waals surface area contributed by atoms with Crippen molar-refractivity contribution in [1.29, 1.82) is 0 Å². The Morgan fingerprint density at radius 2 is 2.10 bits per heavy atom. The number of sulfonamides is 1. The molecular formula is C15H26N2O2S2. The summed E-state index contributed by atoms with van der Waals surface area (Å²) >= 11 is 1.40. The summed E-state index contributed by atoms with van der Waals surface area (Å²) in [6, 6.07) is 2.21. The first-order chi connectivity index (χ1) is 9.80. The van der Waals surface area contributed by atoms with Crippen LogP contribution in [-0.4, -0.2) is 32.4 Å². The highest BCUT2D eigenvalue weighted by Gasteiger charge is 2.28. The Bertz CT molecular complexity index is 574. The maximum Gasteiger partial charge on any atom is 0.252 e. The fourth-order valence-electron chi connectivity index (χ4n) is 2.38. The number of hydrogen-bond donors (Lipinski definition) is 1. The van der Waals surface area contributed by atoms with Crippen molar-refractivity contribution in [2.45, 2.75) is 56.8 Å². The number of nitrogens with one attached hydrogen (secondary N) is 1. The number of nitrogens with zero attached hydrogens (tertiary/aromatic N) is 1. The molecule has 0 saturated heterocycles. The summed E-state index contributed by atoms with van der Waals surface area (Å²) in [5.74, 6) is 0.549. The molecule has 0 aromatic carbocycles. The Kier molecular flexibility index (Phi) is 5.46. The number of thiophene rings is 1. The molecule has 21 heavy (non-hydrogen) atoms. The molecular weight excluding hydrogens is 304 g/mol. The molecule has 0 radical (unpaired) electrons. The minimum Gasteiger partial charge on any atom is -0.310 e. The van der Waals surface area contributed by atoms with Gasteiger partial charge in [0.1, 0.15) is 4.21 Å². The van der Waals surface area contributed by atoms with E-state index in [4.69, 9.17) is 0 Å². The van der Waals surface area contributed by atoms with Crippen molar-refractivity contribution in [1.82, 2.24) is 9.62 Å². The van der Waals surface area contributed by atoms with Gasteiger partial charge in [-0.05, 0) is 37.3 Å². The van der Waals surface area contributed by atoms with Gasteiger partial charge in [-0.3, -0.25) is 0 Å². The molecule has 1 aromatic heterocycles. The maximum atomic E-state index is 12.6. The van der Waals surface area contributed by atoms with E-state index in [-0.39, 0.29) is 0 Å². The van der Waals surface area contributed by atoms with E-state index in [0.29, 0.717) is 22.7 Å². The molecule has 0 spiro atoms. The molecule has 0 bridgehead atoms. The van der Waals surface area contributed by atoms with Crippen LogP contribution in [0.1, 0.15) is 43.6 Å². The lowest BCUT2D eigenvalue weighted by molar-refractivity contribution is 0.263. The van der Waals surface area contributed by atoms with E-state index < -0.39 is 10.0 Å². The van der Waals surface area contributed by atoms with Gasteiger partial charge in [0.05, 0.1) is 0 Å². The maximum absolute atomic E-state index is 12.6. The molecule has 1 heterocycles. The Balaban J connectivity index is 2.10. The summed E-state index contributed by atoms with van der Waals surface area (Å²) in [6.45, 7) is 7.55. The lowest BCUT2D eigenvalue weighted by Crippen LogP contribution is -2.33. The molecule has 1 fully saturated rings. The van der Waals surface area contributed by atoms with Gasteiger partial charge in [-0.2, -0.15) is 4.31 Å². The molecule has 0 unspecified atom stereocenters.